The van der Waals surface area contributed by atoms with Crippen LogP contribution in [-0.2, 0) is 6.54 Å². The predicted octanol–water partition coefficient (Wildman–Crippen LogP) is 3.38. The highest BCUT2D eigenvalue weighted by Gasteiger charge is 2.09. The topological polar surface area (TPSA) is 29.0 Å². The van der Waals surface area contributed by atoms with Crippen molar-refractivity contribution in [1.29, 1.82) is 0 Å². The summed E-state index contributed by atoms with van der Waals surface area (Å²) in [6, 6.07) is 10.1. The summed E-state index contributed by atoms with van der Waals surface area (Å²) in [7, 11) is 0. The second-order valence-corrected chi connectivity index (χ2v) is 4.61. The standard InChI is InChI=1S/C13H13Cl2N3/c14-6-7-18(10-11-4-2-1-3-5-11)13-16-8-12(15)9-17-13/h1-5,8-9H,6-7,10H2. The maximum absolute atomic E-state index is 5.82. The van der Waals surface area contributed by atoms with Gasteiger partial charge in [0.25, 0.3) is 0 Å². The van der Waals surface area contributed by atoms with Gasteiger partial charge in [0.1, 0.15) is 0 Å². The van der Waals surface area contributed by atoms with Gasteiger partial charge in [-0.2, -0.15) is 0 Å². The molecule has 0 unspecified atom stereocenters. The molecule has 3 nitrogen and oxygen atoms in total. The van der Waals surface area contributed by atoms with E-state index in [9.17, 15) is 0 Å². The number of nitrogens with zero attached hydrogens (tertiary/aromatic N) is 3. The molecule has 2 aromatic rings. The monoisotopic (exact) mass is 281 g/mol. The van der Waals surface area contributed by atoms with E-state index in [1.54, 1.807) is 12.4 Å². The van der Waals surface area contributed by atoms with Gasteiger partial charge in [0.15, 0.2) is 0 Å². The number of halogens is 2. The summed E-state index contributed by atoms with van der Waals surface area (Å²) < 4.78 is 0. The molecule has 0 aliphatic rings. The molecule has 0 saturated heterocycles. The van der Waals surface area contributed by atoms with Gasteiger partial charge in [0, 0.05) is 19.0 Å². The van der Waals surface area contributed by atoms with E-state index < -0.39 is 0 Å². The summed E-state index contributed by atoms with van der Waals surface area (Å²) in [4.78, 5) is 10.5. The van der Waals surface area contributed by atoms with Crippen molar-refractivity contribution in [2.45, 2.75) is 6.54 Å². The fourth-order valence-corrected chi connectivity index (χ4v) is 1.93. The molecule has 1 aromatic carbocycles. The van der Waals surface area contributed by atoms with Gasteiger partial charge in [-0.3, -0.25) is 0 Å². The van der Waals surface area contributed by atoms with E-state index in [1.165, 1.54) is 5.56 Å². The molecule has 94 valence electrons. The zero-order valence-electron chi connectivity index (χ0n) is 9.76. The predicted molar refractivity (Wildman–Crippen MR) is 75.3 cm³/mol. The van der Waals surface area contributed by atoms with Crippen LogP contribution in [0.3, 0.4) is 0 Å². The molecule has 0 radical (unpaired) electrons. The first-order valence-corrected chi connectivity index (χ1v) is 6.53. The third kappa shape index (κ3) is 3.59. The summed E-state index contributed by atoms with van der Waals surface area (Å²) >= 11 is 11.6. The van der Waals surface area contributed by atoms with E-state index in [1.807, 2.05) is 23.1 Å². The average Bonchev–Trinajstić information content (AvgIpc) is 2.40. The maximum Gasteiger partial charge on any atom is 0.225 e. The number of rotatable bonds is 5. The van der Waals surface area contributed by atoms with Crippen LogP contribution in [0.4, 0.5) is 5.95 Å². The van der Waals surface area contributed by atoms with Crippen molar-refractivity contribution >= 4 is 29.2 Å². The largest absolute Gasteiger partial charge is 0.335 e. The molecule has 0 aliphatic carbocycles. The van der Waals surface area contributed by atoms with Gasteiger partial charge in [-0.1, -0.05) is 41.9 Å². The van der Waals surface area contributed by atoms with Gasteiger partial charge in [-0.05, 0) is 5.56 Å². The lowest BCUT2D eigenvalue weighted by Crippen LogP contribution is -2.26. The zero-order valence-corrected chi connectivity index (χ0v) is 11.3. The van der Waals surface area contributed by atoms with Crippen LogP contribution in [0.2, 0.25) is 5.02 Å². The SMILES string of the molecule is ClCCN(Cc1ccccc1)c1ncc(Cl)cn1. The number of aromatic nitrogens is 2. The first-order valence-electron chi connectivity index (χ1n) is 5.62. The second-order valence-electron chi connectivity index (χ2n) is 3.80. The van der Waals surface area contributed by atoms with Crippen molar-refractivity contribution in [3.63, 3.8) is 0 Å². The van der Waals surface area contributed by atoms with Gasteiger partial charge in [0.05, 0.1) is 17.4 Å². The molecule has 1 heterocycles. The Kier molecular flexibility index (Phi) is 4.79. The zero-order chi connectivity index (χ0) is 12.8. The molecule has 0 N–H and O–H groups in total. The van der Waals surface area contributed by atoms with Gasteiger partial charge < -0.3 is 4.90 Å². The fourth-order valence-electron chi connectivity index (χ4n) is 1.62. The first kappa shape index (κ1) is 13.1. The quantitative estimate of drug-likeness (QED) is 0.787. The van der Waals surface area contributed by atoms with Crippen molar-refractivity contribution in [3.05, 3.63) is 53.3 Å². The minimum Gasteiger partial charge on any atom is -0.335 e. The van der Waals surface area contributed by atoms with E-state index >= 15 is 0 Å². The number of benzene rings is 1. The molecule has 0 bridgehead atoms. The number of anilines is 1. The van der Waals surface area contributed by atoms with E-state index in [0.717, 1.165) is 6.54 Å². The van der Waals surface area contributed by atoms with Crippen LogP contribution in [-0.4, -0.2) is 22.4 Å². The molecule has 1 aromatic heterocycles. The second kappa shape index (κ2) is 6.57. The first-order chi connectivity index (χ1) is 8.79. The Hall–Kier alpha value is -1.32. The Morgan fingerprint density at radius 3 is 2.33 bits per heavy atom. The summed E-state index contributed by atoms with van der Waals surface area (Å²) in [5, 5.41) is 0.532. The highest BCUT2D eigenvalue weighted by atomic mass is 35.5. The van der Waals surface area contributed by atoms with Crippen LogP contribution in [0.5, 0.6) is 0 Å². The third-order valence-corrected chi connectivity index (χ3v) is 2.82. The third-order valence-electron chi connectivity index (χ3n) is 2.46. The van der Waals surface area contributed by atoms with Crippen LogP contribution in [0, 0.1) is 0 Å². The van der Waals surface area contributed by atoms with Gasteiger partial charge in [-0.15, -0.1) is 11.6 Å². The number of alkyl halides is 1. The number of hydrogen-bond acceptors (Lipinski definition) is 3. The molecular weight excluding hydrogens is 269 g/mol. The minimum atomic E-state index is 0.527. The van der Waals surface area contributed by atoms with Crippen molar-refractivity contribution < 1.29 is 0 Å². The molecule has 18 heavy (non-hydrogen) atoms. The Bertz CT molecular complexity index is 473. The van der Waals surface area contributed by atoms with Crippen molar-refractivity contribution in [1.82, 2.24) is 9.97 Å². The van der Waals surface area contributed by atoms with E-state index in [2.05, 4.69) is 22.1 Å². The molecule has 0 aliphatic heterocycles. The Balaban J connectivity index is 2.15. The number of hydrogen-bond donors (Lipinski definition) is 0. The highest BCUT2D eigenvalue weighted by molar-refractivity contribution is 6.30. The van der Waals surface area contributed by atoms with Crippen molar-refractivity contribution in [2.75, 3.05) is 17.3 Å². The molecule has 0 atom stereocenters. The molecule has 0 spiro atoms. The fraction of sp³-hybridized carbons (Fsp3) is 0.231. The van der Waals surface area contributed by atoms with Crippen molar-refractivity contribution in [2.24, 2.45) is 0 Å². The highest BCUT2D eigenvalue weighted by Crippen LogP contribution is 2.13. The van der Waals surface area contributed by atoms with Crippen molar-refractivity contribution in [3.8, 4) is 0 Å². The van der Waals surface area contributed by atoms with E-state index in [-0.39, 0.29) is 0 Å². The summed E-state index contributed by atoms with van der Waals surface area (Å²) in [6.45, 7) is 1.42. The molecule has 0 saturated carbocycles. The molecule has 2 rings (SSSR count). The normalized spacial score (nSPS) is 10.3. The average molecular weight is 282 g/mol. The lowest BCUT2D eigenvalue weighted by Gasteiger charge is -2.21. The Morgan fingerprint density at radius 2 is 1.72 bits per heavy atom. The Labute approximate surface area is 116 Å². The van der Waals surface area contributed by atoms with Gasteiger partial charge >= 0.3 is 0 Å². The summed E-state index contributed by atoms with van der Waals surface area (Å²) in [5.74, 6) is 1.17. The molecule has 5 heteroatoms. The van der Waals surface area contributed by atoms with E-state index in [0.29, 0.717) is 23.4 Å². The molecule has 0 fully saturated rings. The van der Waals surface area contributed by atoms with Gasteiger partial charge in [-0.25, -0.2) is 9.97 Å². The minimum absolute atomic E-state index is 0.527. The lowest BCUT2D eigenvalue weighted by molar-refractivity contribution is 0.794. The smallest absolute Gasteiger partial charge is 0.225 e. The Morgan fingerprint density at radius 1 is 1.06 bits per heavy atom. The van der Waals surface area contributed by atoms with Crippen LogP contribution in [0.15, 0.2) is 42.7 Å². The lowest BCUT2D eigenvalue weighted by atomic mass is 10.2. The van der Waals surface area contributed by atoms with Gasteiger partial charge in [0.2, 0.25) is 5.95 Å². The summed E-state index contributed by atoms with van der Waals surface area (Å²) in [6.07, 6.45) is 3.19. The molecular formula is C13H13Cl2N3. The van der Waals surface area contributed by atoms with Crippen LogP contribution in [0.25, 0.3) is 0 Å². The van der Waals surface area contributed by atoms with Crippen LogP contribution >= 0.6 is 23.2 Å². The molecule has 0 amide bonds. The summed E-state index contributed by atoms with van der Waals surface area (Å²) in [5.41, 5.74) is 1.20. The van der Waals surface area contributed by atoms with Crippen LogP contribution in [0.1, 0.15) is 5.56 Å². The van der Waals surface area contributed by atoms with Crippen LogP contribution < -0.4 is 4.90 Å². The van der Waals surface area contributed by atoms with E-state index in [4.69, 9.17) is 23.2 Å². The maximum atomic E-state index is 5.82.